The van der Waals surface area contributed by atoms with Crippen LogP contribution in [0.3, 0.4) is 0 Å². The van der Waals surface area contributed by atoms with Crippen LogP contribution in [0, 0.1) is 62.1 Å². The maximum atomic E-state index is 15.2. The molecule has 8 fully saturated rings. The largest absolute Gasteiger partial charge is 0.393 e. The van der Waals surface area contributed by atoms with E-state index in [1.807, 2.05) is 0 Å². The van der Waals surface area contributed by atoms with E-state index < -0.39 is 0 Å². The first-order chi connectivity index (χ1) is 22.2. The summed E-state index contributed by atoms with van der Waals surface area (Å²) >= 11 is 0. The summed E-state index contributed by atoms with van der Waals surface area (Å²) < 4.78 is 0. The Balaban J connectivity index is 1.06. The van der Waals surface area contributed by atoms with Gasteiger partial charge in [-0.3, -0.25) is 9.69 Å². The van der Waals surface area contributed by atoms with Crippen molar-refractivity contribution in [2.24, 2.45) is 62.1 Å². The number of nitrogens with zero attached hydrogens (tertiary/aromatic N) is 3. The molecule has 0 spiro atoms. The molecule has 8 rings (SSSR count). The molecule has 1 N–H and O–H groups in total. The lowest BCUT2D eigenvalue weighted by Gasteiger charge is -2.73. The van der Waals surface area contributed by atoms with Gasteiger partial charge in [-0.15, -0.1) is 0 Å². The van der Waals surface area contributed by atoms with Gasteiger partial charge < -0.3 is 14.9 Å². The van der Waals surface area contributed by atoms with Crippen LogP contribution in [-0.2, 0) is 4.79 Å². The number of piperidine rings is 1. The Morgan fingerprint density at radius 3 is 2.02 bits per heavy atom. The predicted octanol–water partition coefficient (Wildman–Crippen LogP) is 7.86. The first-order valence-corrected chi connectivity index (χ1v) is 20.7. The van der Waals surface area contributed by atoms with E-state index in [1.54, 1.807) is 0 Å². The van der Waals surface area contributed by atoms with E-state index in [9.17, 15) is 5.11 Å². The zero-order valence-electron chi connectivity index (χ0n) is 31.6. The number of piperazine rings is 1. The molecule has 0 radical (unpaired) electrons. The highest BCUT2D eigenvalue weighted by atomic mass is 16.3. The Kier molecular flexibility index (Phi) is 7.96. The molecular formula is C42H71N3O2. The second kappa shape index (κ2) is 11.2. The second-order valence-electron chi connectivity index (χ2n) is 20.5. The summed E-state index contributed by atoms with van der Waals surface area (Å²) in [6.45, 7) is 25.8. The molecule has 5 nitrogen and oxygen atoms in total. The van der Waals surface area contributed by atoms with Gasteiger partial charge in [-0.05, 0) is 153 Å². The van der Waals surface area contributed by atoms with Gasteiger partial charge in [0.05, 0.1) is 11.5 Å². The number of rotatable bonds is 4. The third kappa shape index (κ3) is 4.65. The highest BCUT2D eigenvalue weighted by Crippen LogP contribution is 2.79. The third-order valence-electron chi connectivity index (χ3n) is 18.9. The number of carbonyl (C=O) groups is 1. The van der Waals surface area contributed by atoms with E-state index in [1.165, 1.54) is 103 Å². The van der Waals surface area contributed by atoms with Crippen LogP contribution in [0.15, 0.2) is 0 Å². The second-order valence-corrected chi connectivity index (χ2v) is 20.5. The van der Waals surface area contributed by atoms with Gasteiger partial charge in [-0.2, -0.15) is 0 Å². The number of aliphatic hydroxyl groups excluding tert-OH is 1. The minimum atomic E-state index is -0.159. The molecule has 47 heavy (non-hydrogen) atoms. The number of carbonyl (C=O) groups excluding carboxylic acids is 1. The van der Waals surface area contributed by atoms with Crippen LogP contribution in [0.5, 0.6) is 0 Å². The lowest BCUT2D eigenvalue weighted by atomic mass is 9.32. The van der Waals surface area contributed by atoms with E-state index >= 15 is 4.79 Å². The third-order valence-corrected chi connectivity index (χ3v) is 18.9. The standard InChI is InChI=1S/C42H71N3O2/c1-8-43-25-27-44(28-26-43)29-14-23-45(24-15-29)36(47)42-18-11-30(38(4)19-20-38)35(42)31-9-10-33-39(5)16-13-34(46)37(2,3)32(39)12-17-41(33,7)40(31,6)21-22-42/h29-35,46H,8-28H2,1-7H3/t30-,31-,32+,33-,34+,35-,39+,40-,41-,42+/m1/s1. The molecule has 1 amide bonds. The number of aliphatic hydroxyl groups is 1. The summed E-state index contributed by atoms with van der Waals surface area (Å²) in [6, 6.07) is 0.667. The Hall–Kier alpha value is -0.650. The molecule has 2 aliphatic heterocycles. The molecule has 2 saturated heterocycles. The number of likely N-dealkylation sites (N-methyl/N-ethyl adjacent to an activating group) is 1. The summed E-state index contributed by atoms with van der Waals surface area (Å²) in [5, 5.41) is 11.2. The highest BCUT2D eigenvalue weighted by Gasteiger charge is 2.73. The molecular weight excluding hydrogens is 578 g/mol. The van der Waals surface area contributed by atoms with Gasteiger partial charge in [-0.1, -0.05) is 48.5 Å². The van der Waals surface area contributed by atoms with Gasteiger partial charge in [0, 0.05) is 45.3 Å². The topological polar surface area (TPSA) is 47.0 Å². The van der Waals surface area contributed by atoms with E-state index in [2.05, 4.69) is 63.2 Å². The number of likely N-dealkylation sites (tertiary alicyclic amines) is 1. The molecule has 0 unspecified atom stereocenters. The van der Waals surface area contributed by atoms with Crippen LogP contribution in [0.1, 0.15) is 138 Å². The summed E-state index contributed by atoms with van der Waals surface area (Å²) in [6.07, 6.45) is 17.2. The summed E-state index contributed by atoms with van der Waals surface area (Å²) in [5.41, 5.74) is 1.32. The van der Waals surface area contributed by atoms with Crippen molar-refractivity contribution in [3.63, 3.8) is 0 Å². The quantitative estimate of drug-likeness (QED) is 0.337. The van der Waals surface area contributed by atoms with Gasteiger partial charge in [0.15, 0.2) is 0 Å². The van der Waals surface area contributed by atoms with Crippen molar-refractivity contribution in [1.82, 2.24) is 14.7 Å². The fraction of sp³-hybridized carbons (Fsp3) is 0.976. The number of hydrogen-bond acceptors (Lipinski definition) is 4. The fourth-order valence-electron chi connectivity index (χ4n) is 15.5. The van der Waals surface area contributed by atoms with Gasteiger partial charge in [0.2, 0.25) is 5.91 Å². The predicted molar refractivity (Wildman–Crippen MR) is 191 cm³/mol. The van der Waals surface area contributed by atoms with Crippen LogP contribution in [-0.4, -0.2) is 83.7 Å². The number of hydrogen-bond donors (Lipinski definition) is 1. The maximum absolute atomic E-state index is 15.2. The normalized spacial score (nSPS) is 49.8. The van der Waals surface area contributed by atoms with Crippen LogP contribution in [0.4, 0.5) is 0 Å². The first kappa shape index (κ1) is 33.5. The molecule has 0 aromatic rings. The van der Waals surface area contributed by atoms with Crippen molar-refractivity contribution < 1.29 is 9.90 Å². The van der Waals surface area contributed by atoms with E-state index in [0.717, 1.165) is 44.2 Å². The first-order valence-electron chi connectivity index (χ1n) is 20.7. The molecule has 6 aliphatic carbocycles. The highest BCUT2D eigenvalue weighted by molar-refractivity contribution is 5.84. The van der Waals surface area contributed by atoms with Crippen LogP contribution in [0.2, 0.25) is 0 Å². The number of amides is 1. The Morgan fingerprint density at radius 2 is 1.36 bits per heavy atom. The lowest BCUT2D eigenvalue weighted by molar-refractivity contribution is -0.249. The maximum Gasteiger partial charge on any atom is 0.229 e. The molecule has 266 valence electrons. The van der Waals surface area contributed by atoms with E-state index in [4.69, 9.17) is 0 Å². The molecule has 8 aliphatic rings. The minimum absolute atomic E-state index is 0.00857. The zero-order chi connectivity index (χ0) is 33.2. The molecule has 10 atom stereocenters. The minimum Gasteiger partial charge on any atom is -0.393 e. The zero-order valence-corrected chi connectivity index (χ0v) is 31.6. The van der Waals surface area contributed by atoms with Crippen molar-refractivity contribution in [2.45, 2.75) is 151 Å². The SMILES string of the molecule is CCN1CCN(C2CCN(C(=O)[C@]34CC[C@@H](C5(C)CC5)[C@@H]3[C@H]3CC[C@@H]5[C@@]6(C)CC[C@H](O)C(C)(C)[C@@H]6CC[C@@]5(C)[C@]3(C)CC4)CC2)CC1. The Bertz CT molecular complexity index is 1210. The lowest BCUT2D eigenvalue weighted by Crippen LogP contribution is -2.67. The van der Waals surface area contributed by atoms with Gasteiger partial charge in [-0.25, -0.2) is 0 Å². The Labute approximate surface area is 288 Å². The summed E-state index contributed by atoms with van der Waals surface area (Å²) in [5.74, 6) is 3.94. The molecule has 2 heterocycles. The molecule has 6 saturated carbocycles. The molecule has 0 aromatic heterocycles. The van der Waals surface area contributed by atoms with Gasteiger partial charge in [0.1, 0.15) is 0 Å². The molecule has 0 bridgehead atoms. The monoisotopic (exact) mass is 650 g/mol. The van der Waals surface area contributed by atoms with Crippen LogP contribution >= 0.6 is 0 Å². The van der Waals surface area contributed by atoms with E-state index in [0.29, 0.717) is 51.4 Å². The van der Waals surface area contributed by atoms with Gasteiger partial charge in [0.25, 0.3) is 0 Å². The fourth-order valence-corrected chi connectivity index (χ4v) is 15.5. The summed E-state index contributed by atoms with van der Waals surface area (Å²) in [7, 11) is 0. The van der Waals surface area contributed by atoms with Crippen molar-refractivity contribution in [2.75, 3.05) is 45.8 Å². The molecule has 5 heteroatoms. The smallest absolute Gasteiger partial charge is 0.229 e. The van der Waals surface area contributed by atoms with Crippen molar-refractivity contribution in [3.05, 3.63) is 0 Å². The number of fused-ring (bicyclic) bond motifs is 7. The summed E-state index contributed by atoms with van der Waals surface area (Å²) in [4.78, 5) is 22.9. The van der Waals surface area contributed by atoms with Crippen molar-refractivity contribution >= 4 is 5.91 Å². The average Bonchev–Trinajstić information content (AvgIpc) is 3.68. The van der Waals surface area contributed by atoms with Gasteiger partial charge >= 0.3 is 0 Å². The van der Waals surface area contributed by atoms with Crippen LogP contribution in [0.25, 0.3) is 0 Å². The van der Waals surface area contributed by atoms with Crippen molar-refractivity contribution in [3.8, 4) is 0 Å². The average molecular weight is 650 g/mol. The van der Waals surface area contributed by atoms with E-state index in [-0.39, 0.29) is 16.9 Å². The van der Waals surface area contributed by atoms with Crippen molar-refractivity contribution in [1.29, 1.82) is 0 Å². The Morgan fingerprint density at radius 1 is 0.660 bits per heavy atom. The molecule has 0 aromatic carbocycles. The van der Waals surface area contributed by atoms with Crippen LogP contribution < -0.4 is 0 Å².